The molecule has 11 aromatic carbocycles. The Labute approximate surface area is 380 Å². The zero-order valence-electron chi connectivity index (χ0n) is 37.2. The van der Waals surface area contributed by atoms with Crippen molar-refractivity contribution in [2.75, 3.05) is 4.90 Å². The molecule has 1 heteroatoms. The molecule has 0 atom stereocenters. The Morgan fingerprint density at radius 1 is 0.262 bits per heavy atom. The molecule has 0 radical (unpaired) electrons. The van der Waals surface area contributed by atoms with Gasteiger partial charge in [-0.3, -0.25) is 0 Å². The summed E-state index contributed by atoms with van der Waals surface area (Å²) in [6.07, 6.45) is 0. The second kappa shape index (κ2) is 13.9. The minimum atomic E-state index is -0.190. The largest absolute Gasteiger partial charge is 0.310 e. The molecule has 0 unspecified atom stereocenters. The fraction of sp³-hybridized carbons (Fsp3) is 0.0938. The third kappa shape index (κ3) is 5.71. The van der Waals surface area contributed by atoms with Crippen molar-refractivity contribution in [1.82, 2.24) is 0 Å². The molecule has 0 N–H and O–H groups in total. The van der Waals surface area contributed by atoms with E-state index in [2.05, 4.69) is 245 Å². The molecule has 13 rings (SSSR count). The predicted octanol–water partition coefficient (Wildman–Crippen LogP) is 17.7. The van der Waals surface area contributed by atoms with E-state index in [1.165, 1.54) is 110 Å². The Morgan fingerprint density at radius 3 is 1.09 bits per heavy atom. The molecule has 0 heterocycles. The Balaban J connectivity index is 0.858. The monoisotopic (exact) mass is 829 g/mol. The molecule has 0 aromatic heterocycles. The summed E-state index contributed by atoms with van der Waals surface area (Å²) in [7, 11) is 0. The second-order valence-electron chi connectivity index (χ2n) is 19.3. The highest BCUT2D eigenvalue weighted by molar-refractivity contribution is 6.09. The Bertz CT molecular complexity index is 3550. The summed E-state index contributed by atoms with van der Waals surface area (Å²) in [5.74, 6) is 0. The number of anilines is 3. The van der Waals surface area contributed by atoms with Gasteiger partial charge in [0.25, 0.3) is 0 Å². The Kier molecular flexibility index (Phi) is 8.07. The van der Waals surface area contributed by atoms with Crippen LogP contribution in [-0.2, 0) is 10.8 Å². The molecule has 308 valence electrons. The maximum atomic E-state index is 2.45. The Morgan fingerprint density at radius 2 is 0.615 bits per heavy atom. The number of rotatable bonds is 5. The first-order chi connectivity index (χ1) is 31.7. The second-order valence-corrected chi connectivity index (χ2v) is 19.3. The van der Waals surface area contributed by atoms with Gasteiger partial charge in [0.2, 0.25) is 0 Å². The van der Waals surface area contributed by atoms with Gasteiger partial charge in [0.15, 0.2) is 0 Å². The van der Waals surface area contributed by atoms with Crippen LogP contribution < -0.4 is 4.90 Å². The maximum absolute atomic E-state index is 2.45. The van der Waals surface area contributed by atoms with Crippen LogP contribution >= 0.6 is 0 Å². The molecule has 0 saturated heterocycles. The summed E-state index contributed by atoms with van der Waals surface area (Å²) in [5.41, 5.74) is 18.9. The highest BCUT2D eigenvalue weighted by atomic mass is 15.1. The smallest absolute Gasteiger partial charge is 0.0465 e. The van der Waals surface area contributed by atoms with Crippen LogP contribution in [0.2, 0.25) is 0 Å². The van der Waals surface area contributed by atoms with Crippen molar-refractivity contribution in [1.29, 1.82) is 0 Å². The number of para-hydroxylation sites is 1. The van der Waals surface area contributed by atoms with Crippen LogP contribution in [0.1, 0.15) is 49.9 Å². The van der Waals surface area contributed by atoms with E-state index in [0.29, 0.717) is 0 Å². The molecule has 11 aromatic rings. The van der Waals surface area contributed by atoms with Crippen molar-refractivity contribution < 1.29 is 0 Å². The van der Waals surface area contributed by atoms with Gasteiger partial charge in [-0.2, -0.15) is 0 Å². The molecule has 0 fully saturated rings. The van der Waals surface area contributed by atoms with E-state index in [1.807, 2.05) is 0 Å². The summed E-state index contributed by atoms with van der Waals surface area (Å²) in [6.45, 7) is 9.59. The Hall–Kier alpha value is -7.74. The first kappa shape index (κ1) is 37.8. The average Bonchev–Trinajstić information content (AvgIpc) is 3.71. The minimum absolute atomic E-state index is 0.190. The summed E-state index contributed by atoms with van der Waals surface area (Å²) in [4.78, 5) is 2.45. The number of benzene rings is 11. The highest BCUT2D eigenvalue weighted by Gasteiger charge is 2.38. The number of fused-ring (bicyclic) bond motifs is 12. The van der Waals surface area contributed by atoms with E-state index in [4.69, 9.17) is 0 Å². The molecule has 0 saturated carbocycles. The molecule has 65 heavy (non-hydrogen) atoms. The van der Waals surface area contributed by atoms with Gasteiger partial charge in [0.05, 0.1) is 0 Å². The standard InChI is InChI=1S/C64H47N/c1-63(2)59-36-44(42-22-28-53-46(34-42)20-18-40-12-8-10-16-51(40)53)24-30-55(59)57-32-26-49(38-61(57)63)65(48-14-6-5-7-15-48)50-27-33-58-56-31-25-45(37-60(56)64(3,4)62(58)39-50)43-23-29-54-47(35-43)21-19-41-13-9-11-17-52(41)54/h5-39H,1-4H3. The number of hydrogen-bond acceptors (Lipinski definition) is 1. The van der Waals surface area contributed by atoms with Crippen molar-refractivity contribution in [3.63, 3.8) is 0 Å². The van der Waals surface area contributed by atoms with E-state index in [9.17, 15) is 0 Å². The van der Waals surface area contributed by atoms with Gasteiger partial charge in [-0.1, -0.05) is 179 Å². The van der Waals surface area contributed by atoms with E-state index < -0.39 is 0 Å². The van der Waals surface area contributed by atoms with Crippen molar-refractivity contribution in [2.45, 2.75) is 38.5 Å². The van der Waals surface area contributed by atoms with Gasteiger partial charge in [0, 0.05) is 27.9 Å². The molecule has 0 spiro atoms. The molecular weight excluding hydrogens is 783 g/mol. The van der Waals surface area contributed by atoms with Gasteiger partial charge < -0.3 is 4.90 Å². The normalized spacial score (nSPS) is 14.1. The highest BCUT2D eigenvalue weighted by Crippen LogP contribution is 2.54. The maximum Gasteiger partial charge on any atom is 0.0465 e. The first-order valence-corrected chi connectivity index (χ1v) is 23.0. The fourth-order valence-electron chi connectivity index (χ4n) is 11.5. The van der Waals surface area contributed by atoms with Crippen molar-refractivity contribution >= 4 is 60.2 Å². The number of hydrogen-bond donors (Lipinski definition) is 0. The summed E-state index contributed by atoms with van der Waals surface area (Å²) in [5, 5.41) is 10.3. The lowest BCUT2D eigenvalue weighted by Crippen LogP contribution is -2.18. The van der Waals surface area contributed by atoms with E-state index >= 15 is 0 Å². The molecule has 2 aliphatic carbocycles. The van der Waals surface area contributed by atoms with E-state index in [0.717, 1.165) is 17.1 Å². The minimum Gasteiger partial charge on any atom is -0.310 e. The van der Waals surface area contributed by atoms with Crippen molar-refractivity contribution in [2.24, 2.45) is 0 Å². The number of nitrogens with zero attached hydrogens (tertiary/aromatic N) is 1. The molecule has 0 bridgehead atoms. The van der Waals surface area contributed by atoms with Crippen LogP contribution in [0.3, 0.4) is 0 Å². The summed E-state index contributed by atoms with van der Waals surface area (Å²) < 4.78 is 0. The van der Waals surface area contributed by atoms with Crippen molar-refractivity contribution in [3.8, 4) is 44.5 Å². The van der Waals surface area contributed by atoms with Crippen LogP contribution in [0.5, 0.6) is 0 Å². The van der Waals surface area contributed by atoms with Gasteiger partial charge in [0.1, 0.15) is 0 Å². The van der Waals surface area contributed by atoms with Gasteiger partial charge in [-0.15, -0.1) is 0 Å². The molecule has 0 amide bonds. The first-order valence-electron chi connectivity index (χ1n) is 23.0. The lowest BCUT2D eigenvalue weighted by atomic mass is 9.81. The van der Waals surface area contributed by atoms with Crippen LogP contribution in [0.25, 0.3) is 87.6 Å². The van der Waals surface area contributed by atoms with Crippen molar-refractivity contribution in [3.05, 3.63) is 235 Å². The van der Waals surface area contributed by atoms with E-state index in [1.54, 1.807) is 0 Å². The predicted molar refractivity (Wildman–Crippen MR) is 277 cm³/mol. The summed E-state index contributed by atoms with van der Waals surface area (Å²) >= 11 is 0. The molecule has 0 aliphatic heterocycles. The fourth-order valence-corrected chi connectivity index (χ4v) is 11.5. The van der Waals surface area contributed by atoms with E-state index in [-0.39, 0.29) is 10.8 Å². The summed E-state index contributed by atoms with van der Waals surface area (Å²) in [6, 6.07) is 79.6. The lowest BCUT2D eigenvalue weighted by Gasteiger charge is -2.29. The van der Waals surface area contributed by atoms with Crippen LogP contribution in [-0.4, -0.2) is 0 Å². The van der Waals surface area contributed by atoms with Crippen LogP contribution in [0.15, 0.2) is 212 Å². The molecular formula is C64H47N. The third-order valence-electron chi connectivity index (χ3n) is 15.0. The van der Waals surface area contributed by atoms with Gasteiger partial charge in [-0.25, -0.2) is 0 Å². The van der Waals surface area contributed by atoms with Gasteiger partial charge in [-0.05, 0) is 171 Å². The molecule has 1 nitrogen and oxygen atoms in total. The topological polar surface area (TPSA) is 3.24 Å². The average molecular weight is 830 g/mol. The lowest BCUT2D eigenvalue weighted by molar-refractivity contribution is 0.660. The quantitative estimate of drug-likeness (QED) is 0.156. The van der Waals surface area contributed by atoms with Crippen LogP contribution in [0.4, 0.5) is 17.1 Å². The van der Waals surface area contributed by atoms with Gasteiger partial charge >= 0.3 is 0 Å². The van der Waals surface area contributed by atoms with Crippen LogP contribution in [0, 0.1) is 0 Å². The molecule has 2 aliphatic rings. The third-order valence-corrected chi connectivity index (χ3v) is 15.0. The zero-order valence-corrected chi connectivity index (χ0v) is 37.2. The SMILES string of the molecule is CC1(C)c2cc(-c3ccc4c(ccc5ccccc54)c3)ccc2-c2ccc(N(c3ccccc3)c3ccc4c(c3)C(C)(C)c3cc(-c5ccc6c(ccc7ccccc76)c5)ccc3-4)cc21. The zero-order chi connectivity index (χ0) is 43.6.